The van der Waals surface area contributed by atoms with Gasteiger partial charge in [-0.1, -0.05) is 19.3 Å². The molecule has 150 valence electrons. The number of hydrogen-bond acceptors (Lipinski definition) is 6. The summed E-state index contributed by atoms with van der Waals surface area (Å²) in [4.78, 5) is 14.0. The monoisotopic (exact) mass is 380 g/mol. The maximum atomic E-state index is 4.73. The van der Waals surface area contributed by atoms with Gasteiger partial charge in [-0.05, 0) is 51.1 Å². The van der Waals surface area contributed by atoms with Crippen molar-refractivity contribution >= 4 is 23.1 Å². The van der Waals surface area contributed by atoms with Crippen molar-refractivity contribution in [1.29, 1.82) is 0 Å². The number of benzene rings is 1. The zero-order valence-corrected chi connectivity index (χ0v) is 17.1. The van der Waals surface area contributed by atoms with E-state index < -0.39 is 0 Å². The van der Waals surface area contributed by atoms with E-state index in [0.717, 1.165) is 43.2 Å². The highest BCUT2D eigenvalue weighted by Crippen LogP contribution is 2.24. The average molecular weight is 381 g/mol. The summed E-state index contributed by atoms with van der Waals surface area (Å²) in [6.45, 7) is 6.48. The molecule has 2 aliphatic rings. The molecular formula is C22H32N6. The molecule has 1 aromatic carbocycles. The molecule has 1 aliphatic carbocycles. The lowest BCUT2D eigenvalue weighted by molar-refractivity contribution is 0.313. The van der Waals surface area contributed by atoms with Crippen molar-refractivity contribution in [2.24, 2.45) is 0 Å². The largest absolute Gasteiger partial charge is 0.369 e. The van der Waals surface area contributed by atoms with Gasteiger partial charge in [-0.25, -0.2) is 4.98 Å². The van der Waals surface area contributed by atoms with Crippen LogP contribution in [0.4, 0.5) is 23.1 Å². The van der Waals surface area contributed by atoms with E-state index in [2.05, 4.69) is 63.7 Å². The van der Waals surface area contributed by atoms with Gasteiger partial charge in [0.1, 0.15) is 5.82 Å². The second kappa shape index (κ2) is 8.78. The molecule has 1 aliphatic heterocycles. The summed E-state index contributed by atoms with van der Waals surface area (Å²) in [7, 11) is 2.18. The standard InChI is InChI=1S/C22H32N6/c1-17-16-23-22(26-21(17)24-18-6-4-3-5-7-18)25-19-8-10-20(11-9-19)28-14-12-27(2)13-15-28/h8-11,16,18H,3-7,12-15H2,1-2H3,(H2,23,24,25,26). The number of aromatic nitrogens is 2. The summed E-state index contributed by atoms with van der Waals surface area (Å²) < 4.78 is 0. The predicted octanol–water partition coefficient (Wildman–Crippen LogP) is 4.03. The minimum absolute atomic E-state index is 0.540. The quantitative estimate of drug-likeness (QED) is 0.817. The molecular weight excluding hydrogens is 348 g/mol. The molecule has 0 atom stereocenters. The lowest BCUT2D eigenvalue weighted by atomic mass is 9.95. The summed E-state index contributed by atoms with van der Waals surface area (Å²) in [5.74, 6) is 1.61. The third kappa shape index (κ3) is 4.73. The van der Waals surface area contributed by atoms with Crippen LogP contribution in [-0.4, -0.2) is 54.1 Å². The van der Waals surface area contributed by atoms with Crippen LogP contribution in [0.5, 0.6) is 0 Å². The van der Waals surface area contributed by atoms with Gasteiger partial charge in [-0.15, -0.1) is 0 Å². The van der Waals surface area contributed by atoms with Gasteiger partial charge in [0.05, 0.1) is 0 Å². The van der Waals surface area contributed by atoms with Gasteiger partial charge in [0, 0.05) is 55.4 Å². The minimum Gasteiger partial charge on any atom is -0.369 e. The highest BCUT2D eigenvalue weighted by atomic mass is 15.2. The van der Waals surface area contributed by atoms with Crippen molar-refractivity contribution in [1.82, 2.24) is 14.9 Å². The van der Waals surface area contributed by atoms with Crippen molar-refractivity contribution in [3.05, 3.63) is 36.0 Å². The van der Waals surface area contributed by atoms with E-state index >= 15 is 0 Å². The topological polar surface area (TPSA) is 56.3 Å². The van der Waals surface area contributed by atoms with E-state index in [0.29, 0.717) is 12.0 Å². The number of hydrogen-bond donors (Lipinski definition) is 2. The zero-order valence-electron chi connectivity index (χ0n) is 17.1. The first-order valence-corrected chi connectivity index (χ1v) is 10.6. The first kappa shape index (κ1) is 19.0. The van der Waals surface area contributed by atoms with Gasteiger partial charge >= 0.3 is 0 Å². The Labute approximate surface area is 168 Å². The first-order valence-electron chi connectivity index (χ1n) is 10.6. The highest BCUT2D eigenvalue weighted by molar-refractivity contribution is 5.60. The maximum Gasteiger partial charge on any atom is 0.229 e. The zero-order chi connectivity index (χ0) is 19.3. The van der Waals surface area contributed by atoms with Gasteiger partial charge in [0.25, 0.3) is 0 Å². The van der Waals surface area contributed by atoms with Crippen LogP contribution in [-0.2, 0) is 0 Å². The first-order chi connectivity index (χ1) is 13.7. The Morgan fingerprint density at radius 3 is 2.39 bits per heavy atom. The summed E-state index contributed by atoms with van der Waals surface area (Å²) in [5.41, 5.74) is 3.40. The molecule has 2 N–H and O–H groups in total. The molecule has 1 saturated carbocycles. The lowest BCUT2D eigenvalue weighted by Gasteiger charge is -2.34. The predicted molar refractivity (Wildman–Crippen MR) is 117 cm³/mol. The third-order valence-corrected chi connectivity index (χ3v) is 5.91. The third-order valence-electron chi connectivity index (χ3n) is 5.91. The van der Waals surface area contributed by atoms with E-state index in [1.54, 1.807) is 0 Å². The number of likely N-dealkylation sites (N-methyl/N-ethyl adjacent to an activating group) is 1. The maximum absolute atomic E-state index is 4.73. The molecule has 1 aromatic heterocycles. The molecule has 2 aromatic rings. The average Bonchev–Trinajstić information content (AvgIpc) is 2.73. The van der Waals surface area contributed by atoms with Crippen molar-refractivity contribution in [3.63, 3.8) is 0 Å². The van der Waals surface area contributed by atoms with Crippen molar-refractivity contribution < 1.29 is 0 Å². The Morgan fingerprint density at radius 2 is 1.68 bits per heavy atom. The Balaban J connectivity index is 1.40. The Kier molecular flexibility index (Phi) is 5.95. The number of anilines is 4. The fourth-order valence-corrected chi connectivity index (χ4v) is 4.04. The van der Waals surface area contributed by atoms with E-state index in [9.17, 15) is 0 Å². The summed E-state index contributed by atoms with van der Waals surface area (Å²) in [6.07, 6.45) is 8.36. The smallest absolute Gasteiger partial charge is 0.229 e. The van der Waals surface area contributed by atoms with E-state index in [1.165, 1.54) is 37.8 Å². The van der Waals surface area contributed by atoms with Gasteiger partial charge in [0.15, 0.2) is 0 Å². The molecule has 2 fully saturated rings. The molecule has 6 heteroatoms. The fraction of sp³-hybridized carbons (Fsp3) is 0.545. The van der Waals surface area contributed by atoms with Gasteiger partial charge < -0.3 is 20.4 Å². The number of nitrogens with one attached hydrogen (secondary N) is 2. The number of nitrogens with zero attached hydrogens (tertiary/aromatic N) is 4. The fourth-order valence-electron chi connectivity index (χ4n) is 4.04. The summed E-state index contributed by atoms with van der Waals surface area (Å²) >= 11 is 0. The molecule has 0 radical (unpaired) electrons. The summed E-state index contributed by atoms with van der Waals surface area (Å²) in [5, 5.41) is 6.99. The van der Waals surface area contributed by atoms with Crippen molar-refractivity contribution in [2.45, 2.75) is 45.1 Å². The SMILES string of the molecule is Cc1cnc(Nc2ccc(N3CCN(C)CC3)cc2)nc1NC1CCCCC1. The molecule has 1 saturated heterocycles. The van der Waals surface area contributed by atoms with Crippen LogP contribution in [0.2, 0.25) is 0 Å². The lowest BCUT2D eigenvalue weighted by Crippen LogP contribution is -2.44. The number of aryl methyl sites for hydroxylation is 1. The number of piperazine rings is 1. The van der Waals surface area contributed by atoms with Crippen LogP contribution in [0.3, 0.4) is 0 Å². The normalized spacial score (nSPS) is 18.9. The van der Waals surface area contributed by atoms with Crippen molar-refractivity contribution in [3.8, 4) is 0 Å². The van der Waals surface area contributed by atoms with Gasteiger partial charge in [0.2, 0.25) is 5.95 Å². The molecule has 0 bridgehead atoms. The van der Waals surface area contributed by atoms with Crippen LogP contribution in [0, 0.1) is 6.92 Å². The van der Waals surface area contributed by atoms with Gasteiger partial charge in [-0.3, -0.25) is 0 Å². The van der Waals surface area contributed by atoms with Crippen molar-refractivity contribution in [2.75, 3.05) is 48.8 Å². The van der Waals surface area contributed by atoms with Gasteiger partial charge in [-0.2, -0.15) is 4.98 Å². The molecule has 0 unspecified atom stereocenters. The Morgan fingerprint density at radius 1 is 0.964 bits per heavy atom. The Hall–Kier alpha value is -2.34. The minimum atomic E-state index is 0.540. The second-order valence-electron chi connectivity index (χ2n) is 8.17. The number of rotatable bonds is 5. The second-order valence-corrected chi connectivity index (χ2v) is 8.17. The molecule has 2 heterocycles. The molecule has 4 rings (SSSR count). The Bertz CT molecular complexity index is 761. The highest BCUT2D eigenvalue weighted by Gasteiger charge is 2.16. The molecule has 6 nitrogen and oxygen atoms in total. The van der Waals surface area contributed by atoms with Crippen LogP contribution >= 0.6 is 0 Å². The summed E-state index contributed by atoms with van der Waals surface area (Å²) in [6, 6.07) is 9.14. The van der Waals surface area contributed by atoms with Crippen LogP contribution in [0.15, 0.2) is 30.5 Å². The van der Waals surface area contributed by atoms with Crippen LogP contribution in [0.1, 0.15) is 37.7 Å². The molecule has 28 heavy (non-hydrogen) atoms. The van der Waals surface area contributed by atoms with E-state index in [-0.39, 0.29) is 0 Å². The van der Waals surface area contributed by atoms with Crippen LogP contribution in [0.25, 0.3) is 0 Å². The van der Waals surface area contributed by atoms with Crippen LogP contribution < -0.4 is 15.5 Å². The molecule has 0 spiro atoms. The molecule has 0 amide bonds. The van der Waals surface area contributed by atoms with E-state index in [4.69, 9.17) is 4.98 Å². The van der Waals surface area contributed by atoms with E-state index in [1.807, 2.05) is 6.20 Å².